The zero-order chi connectivity index (χ0) is 17.5. The highest BCUT2D eigenvalue weighted by atomic mass is 16.5. The molecule has 134 valence electrons. The molecule has 0 saturated carbocycles. The van der Waals surface area contributed by atoms with E-state index < -0.39 is 0 Å². The van der Waals surface area contributed by atoms with Crippen molar-refractivity contribution < 1.29 is 9.53 Å². The van der Waals surface area contributed by atoms with Gasteiger partial charge in [-0.3, -0.25) is 4.90 Å². The first kappa shape index (κ1) is 18.9. The molecule has 0 bridgehead atoms. The molecule has 5 heteroatoms. The molecule has 1 fully saturated rings. The van der Waals surface area contributed by atoms with Gasteiger partial charge < -0.3 is 15.0 Å². The fourth-order valence-corrected chi connectivity index (χ4v) is 3.18. The molecular weight excluding hydrogens is 302 g/mol. The Labute approximate surface area is 146 Å². The lowest BCUT2D eigenvalue weighted by Gasteiger charge is -2.40. The van der Waals surface area contributed by atoms with Crippen LogP contribution in [0.25, 0.3) is 0 Å². The van der Waals surface area contributed by atoms with Crippen molar-refractivity contribution in [1.82, 2.24) is 15.1 Å². The first-order valence-electron chi connectivity index (χ1n) is 8.82. The average molecular weight is 333 g/mol. The summed E-state index contributed by atoms with van der Waals surface area (Å²) in [6.45, 7) is 11.0. The maximum atomic E-state index is 11.5. The van der Waals surface area contributed by atoms with Gasteiger partial charge in [0.1, 0.15) is 0 Å². The standard InChI is InChI=1S/C19H31N3O2/c1-15(2)18(22-11-9-21(3)10-12-22)14-20-13-16-5-7-17(8-6-16)19(23)24-4/h5-8,15,18,20H,9-14H2,1-4H3. The van der Waals surface area contributed by atoms with Crippen molar-refractivity contribution in [2.45, 2.75) is 26.4 Å². The van der Waals surface area contributed by atoms with Crippen molar-refractivity contribution in [3.63, 3.8) is 0 Å². The number of esters is 1. The third-order valence-corrected chi connectivity index (χ3v) is 4.83. The molecule has 1 aromatic rings. The summed E-state index contributed by atoms with van der Waals surface area (Å²) in [6, 6.07) is 8.18. The Morgan fingerprint density at radius 1 is 1.17 bits per heavy atom. The Morgan fingerprint density at radius 3 is 2.33 bits per heavy atom. The molecule has 1 heterocycles. The first-order valence-corrected chi connectivity index (χ1v) is 8.82. The molecule has 0 aliphatic carbocycles. The molecule has 1 aliphatic rings. The third kappa shape index (κ3) is 5.30. The number of carbonyl (C=O) groups is 1. The number of piperazine rings is 1. The topological polar surface area (TPSA) is 44.8 Å². The van der Waals surface area contributed by atoms with Crippen molar-refractivity contribution in [1.29, 1.82) is 0 Å². The van der Waals surface area contributed by atoms with E-state index in [1.54, 1.807) is 0 Å². The number of likely N-dealkylation sites (N-methyl/N-ethyl adjacent to an activating group) is 1. The molecule has 0 aromatic heterocycles. The van der Waals surface area contributed by atoms with Crippen LogP contribution in [0.3, 0.4) is 0 Å². The van der Waals surface area contributed by atoms with Gasteiger partial charge in [0.25, 0.3) is 0 Å². The molecule has 1 saturated heterocycles. The lowest BCUT2D eigenvalue weighted by atomic mass is 10.0. The second-order valence-electron chi connectivity index (χ2n) is 6.97. The smallest absolute Gasteiger partial charge is 0.337 e. The highest BCUT2D eigenvalue weighted by molar-refractivity contribution is 5.89. The summed E-state index contributed by atoms with van der Waals surface area (Å²) in [5, 5.41) is 3.58. The van der Waals surface area contributed by atoms with Gasteiger partial charge in [-0.25, -0.2) is 4.79 Å². The van der Waals surface area contributed by atoms with E-state index in [-0.39, 0.29) is 5.97 Å². The van der Waals surface area contributed by atoms with E-state index >= 15 is 0 Å². The number of hydrogen-bond acceptors (Lipinski definition) is 5. The van der Waals surface area contributed by atoms with Crippen LogP contribution in [0.4, 0.5) is 0 Å². The number of nitrogens with zero attached hydrogens (tertiary/aromatic N) is 2. The zero-order valence-electron chi connectivity index (χ0n) is 15.4. The number of hydrogen-bond donors (Lipinski definition) is 1. The van der Waals surface area contributed by atoms with Crippen LogP contribution in [-0.2, 0) is 11.3 Å². The van der Waals surface area contributed by atoms with Crippen LogP contribution in [0.2, 0.25) is 0 Å². The van der Waals surface area contributed by atoms with Crippen molar-refractivity contribution in [2.24, 2.45) is 5.92 Å². The summed E-state index contributed by atoms with van der Waals surface area (Å²) in [5.41, 5.74) is 1.78. The van der Waals surface area contributed by atoms with Gasteiger partial charge in [-0.1, -0.05) is 26.0 Å². The van der Waals surface area contributed by atoms with Gasteiger partial charge in [-0.05, 0) is 30.7 Å². The fourth-order valence-electron chi connectivity index (χ4n) is 3.18. The van der Waals surface area contributed by atoms with Gasteiger partial charge in [-0.15, -0.1) is 0 Å². The van der Waals surface area contributed by atoms with E-state index in [0.29, 0.717) is 17.5 Å². The second-order valence-corrected chi connectivity index (χ2v) is 6.97. The first-order chi connectivity index (χ1) is 11.5. The SMILES string of the molecule is COC(=O)c1ccc(CNCC(C(C)C)N2CCN(C)CC2)cc1. The summed E-state index contributed by atoms with van der Waals surface area (Å²) < 4.78 is 4.73. The van der Waals surface area contributed by atoms with Gasteiger partial charge in [0, 0.05) is 45.3 Å². The highest BCUT2D eigenvalue weighted by Gasteiger charge is 2.24. The lowest BCUT2D eigenvalue weighted by Crippen LogP contribution is -2.53. The minimum atomic E-state index is -0.288. The summed E-state index contributed by atoms with van der Waals surface area (Å²) in [7, 11) is 3.60. The number of methoxy groups -OCH3 is 1. The van der Waals surface area contributed by atoms with Crippen LogP contribution in [0.5, 0.6) is 0 Å². The predicted octanol–water partition coefficient (Wildman–Crippen LogP) is 1.83. The Hall–Kier alpha value is -1.43. The molecule has 1 aromatic carbocycles. The molecule has 0 spiro atoms. The number of carbonyl (C=O) groups excluding carboxylic acids is 1. The van der Waals surface area contributed by atoms with Crippen molar-refractivity contribution >= 4 is 5.97 Å². The molecule has 2 rings (SSSR count). The van der Waals surface area contributed by atoms with Crippen molar-refractivity contribution in [2.75, 3.05) is 46.9 Å². The Morgan fingerprint density at radius 2 is 1.79 bits per heavy atom. The van der Waals surface area contributed by atoms with E-state index in [4.69, 9.17) is 4.74 Å². The third-order valence-electron chi connectivity index (χ3n) is 4.83. The lowest BCUT2D eigenvalue weighted by molar-refractivity contribution is 0.0600. The summed E-state index contributed by atoms with van der Waals surface area (Å²) >= 11 is 0. The van der Waals surface area contributed by atoms with E-state index in [2.05, 4.69) is 36.0 Å². The van der Waals surface area contributed by atoms with E-state index in [1.165, 1.54) is 12.7 Å². The molecule has 0 radical (unpaired) electrons. The molecular formula is C19H31N3O2. The number of rotatable bonds is 7. The Balaban J connectivity index is 1.83. The van der Waals surface area contributed by atoms with Crippen LogP contribution >= 0.6 is 0 Å². The van der Waals surface area contributed by atoms with Crippen LogP contribution in [0.1, 0.15) is 29.8 Å². The van der Waals surface area contributed by atoms with Gasteiger partial charge in [-0.2, -0.15) is 0 Å². The Bertz CT molecular complexity index is 508. The minimum absolute atomic E-state index is 0.288. The van der Waals surface area contributed by atoms with Crippen LogP contribution in [0, 0.1) is 5.92 Å². The highest BCUT2D eigenvalue weighted by Crippen LogP contribution is 2.13. The second kappa shape index (κ2) is 9.16. The monoisotopic (exact) mass is 333 g/mol. The fraction of sp³-hybridized carbons (Fsp3) is 0.632. The number of nitrogens with one attached hydrogen (secondary N) is 1. The van der Waals surface area contributed by atoms with E-state index in [0.717, 1.165) is 39.3 Å². The van der Waals surface area contributed by atoms with Crippen molar-refractivity contribution in [3.05, 3.63) is 35.4 Å². The van der Waals surface area contributed by atoms with Crippen LogP contribution < -0.4 is 5.32 Å². The molecule has 5 nitrogen and oxygen atoms in total. The quantitative estimate of drug-likeness (QED) is 0.772. The van der Waals surface area contributed by atoms with Crippen molar-refractivity contribution in [3.8, 4) is 0 Å². The summed E-state index contributed by atoms with van der Waals surface area (Å²) in [5.74, 6) is 0.340. The maximum absolute atomic E-state index is 11.5. The zero-order valence-corrected chi connectivity index (χ0v) is 15.4. The molecule has 1 unspecified atom stereocenters. The maximum Gasteiger partial charge on any atom is 0.337 e. The molecule has 1 N–H and O–H groups in total. The molecule has 1 aliphatic heterocycles. The average Bonchev–Trinajstić information content (AvgIpc) is 2.59. The van der Waals surface area contributed by atoms with E-state index in [1.807, 2.05) is 24.3 Å². The number of ether oxygens (including phenoxy) is 1. The minimum Gasteiger partial charge on any atom is -0.465 e. The van der Waals surface area contributed by atoms with Crippen LogP contribution in [0.15, 0.2) is 24.3 Å². The van der Waals surface area contributed by atoms with E-state index in [9.17, 15) is 4.79 Å². The van der Waals surface area contributed by atoms with Gasteiger partial charge in [0.2, 0.25) is 0 Å². The largest absolute Gasteiger partial charge is 0.465 e. The molecule has 24 heavy (non-hydrogen) atoms. The summed E-state index contributed by atoms with van der Waals surface area (Å²) in [6.07, 6.45) is 0. The molecule has 0 amide bonds. The van der Waals surface area contributed by atoms with Crippen LogP contribution in [-0.4, -0.2) is 68.7 Å². The van der Waals surface area contributed by atoms with Gasteiger partial charge in [0.15, 0.2) is 0 Å². The normalized spacial score (nSPS) is 17.9. The van der Waals surface area contributed by atoms with Gasteiger partial charge >= 0.3 is 5.97 Å². The number of benzene rings is 1. The predicted molar refractivity (Wildman–Crippen MR) is 97.2 cm³/mol. The molecule has 1 atom stereocenters. The Kier molecular flexibility index (Phi) is 7.21. The van der Waals surface area contributed by atoms with Gasteiger partial charge in [0.05, 0.1) is 12.7 Å². The summed E-state index contributed by atoms with van der Waals surface area (Å²) in [4.78, 5) is 16.5.